The van der Waals surface area contributed by atoms with E-state index in [1.807, 2.05) is 4.90 Å². The summed E-state index contributed by atoms with van der Waals surface area (Å²) < 4.78 is 5.44. The topological polar surface area (TPSA) is 48.0 Å². The number of ether oxygens (including phenoxy) is 1. The summed E-state index contributed by atoms with van der Waals surface area (Å²) in [6, 6.07) is 1.66. The zero-order chi connectivity index (χ0) is 16.9. The molecule has 0 aromatic heterocycles. The van der Waals surface area contributed by atoms with Gasteiger partial charge in [-0.25, -0.2) is 0 Å². The molecule has 1 N–H and O–H groups in total. The van der Waals surface area contributed by atoms with Crippen LogP contribution in [0.3, 0.4) is 0 Å². The molecular weight excluding hydrogens is 304 g/mol. The lowest BCUT2D eigenvalue weighted by molar-refractivity contribution is -0.134. The predicted octanol–water partition coefficient (Wildman–Crippen LogP) is 0.382. The van der Waals surface area contributed by atoms with Gasteiger partial charge in [0, 0.05) is 70.4 Å². The molecule has 1 amide bonds. The van der Waals surface area contributed by atoms with Crippen LogP contribution in [0.25, 0.3) is 0 Å². The van der Waals surface area contributed by atoms with Gasteiger partial charge in [-0.05, 0) is 26.7 Å². The number of carbonyl (C=O) groups is 1. The zero-order valence-electron chi connectivity index (χ0n) is 15.4. The van der Waals surface area contributed by atoms with Crippen molar-refractivity contribution in [1.29, 1.82) is 0 Å². The fourth-order valence-electron chi connectivity index (χ4n) is 4.26. The summed E-state index contributed by atoms with van der Waals surface area (Å²) in [5.41, 5.74) is 0. The average molecular weight is 338 g/mol. The van der Waals surface area contributed by atoms with Crippen molar-refractivity contribution in [2.45, 2.75) is 51.2 Å². The SMILES string of the molecule is CC1CCC(C)N1CCN1CCN(C(=O)CC2COCCN2)CC1. The first-order valence-electron chi connectivity index (χ1n) is 9.70. The minimum Gasteiger partial charge on any atom is -0.378 e. The van der Waals surface area contributed by atoms with Crippen molar-refractivity contribution in [3.63, 3.8) is 0 Å². The van der Waals surface area contributed by atoms with Crippen LogP contribution >= 0.6 is 0 Å². The van der Waals surface area contributed by atoms with Crippen molar-refractivity contribution < 1.29 is 9.53 Å². The van der Waals surface area contributed by atoms with Crippen LogP contribution in [0.5, 0.6) is 0 Å². The van der Waals surface area contributed by atoms with Gasteiger partial charge in [0.1, 0.15) is 0 Å². The first-order chi connectivity index (χ1) is 11.6. The summed E-state index contributed by atoms with van der Waals surface area (Å²) in [7, 11) is 0. The minimum atomic E-state index is 0.197. The monoisotopic (exact) mass is 338 g/mol. The van der Waals surface area contributed by atoms with Gasteiger partial charge in [0.2, 0.25) is 5.91 Å². The van der Waals surface area contributed by atoms with Crippen LogP contribution in [0.15, 0.2) is 0 Å². The number of hydrogen-bond donors (Lipinski definition) is 1. The van der Waals surface area contributed by atoms with Crippen molar-refractivity contribution in [1.82, 2.24) is 20.0 Å². The van der Waals surface area contributed by atoms with E-state index < -0.39 is 0 Å². The molecule has 6 heteroatoms. The van der Waals surface area contributed by atoms with Gasteiger partial charge in [-0.2, -0.15) is 0 Å². The van der Waals surface area contributed by atoms with E-state index in [1.54, 1.807) is 0 Å². The maximum Gasteiger partial charge on any atom is 0.224 e. The summed E-state index contributed by atoms with van der Waals surface area (Å²) in [4.78, 5) is 19.6. The molecule has 138 valence electrons. The lowest BCUT2D eigenvalue weighted by Crippen LogP contribution is -2.52. The fourth-order valence-corrected chi connectivity index (χ4v) is 4.26. The standard InChI is InChI=1S/C18H34N4O2/c1-15-3-4-16(2)22(15)11-8-20-6-9-21(10-7-20)18(23)13-17-14-24-12-5-19-17/h15-17,19H,3-14H2,1-2H3. The fraction of sp³-hybridized carbons (Fsp3) is 0.944. The Morgan fingerprint density at radius 2 is 1.79 bits per heavy atom. The third kappa shape index (κ3) is 4.69. The Labute approximate surface area is 146 Å². The smallest absolute Gasteiger partial charge is 0.224 e. The molecule has 0 spiro atoms. The molecule has 0 aromatic rings. The number of likely N-dealkylation sites (tertiary alicyclic amines) is 1. The highest BCUT2D eigenvalue weighted by Gasteiger charge is 2.28. The third-order valence-electron chi connectivity index (χ3n) is 5.95. The number of hydrogen-bond acceptors (Lipinski definition) is 5. The van der Waals surface area contributed by atoms with Gasteiger partial charge >= 0.3 is 0 Å². The third-order valence-corrected chi connectivity index (χ3v) is 5.95. The second kappa shape index (κ2) is 8.61. The van der Waals surface area contributed by atoms with E-state index in [0.717, 1.165) is 58.0 Å². The number of rotatable bonds is 5. The van der Waals surface area contributed by atoms with Gasteiger partial charge in [-0.1, -0.05) is 0 Å². The van der Waals surface area contributed by atoms with E-state index in [0.29, 0.717) is 13.0 Å². The Morgan fingerprint density at radius 3 is 2.42 bits per heavy atom. The van der Waals surface area contributed by atoms with Crippen molar-refractivity contribution in [2.24, 2.45) is 0 Å². The molecule has 0 aromatic carbocycles. The maximum absolute atomic E-state index is 12.4. The van der Waals surface area contributed by atoms with E-state index in [9.17, 15) is 4.79 Å². The molecule has 3 heterocycles. The van der Waals surface area contributed by atoms with Crippen LogP contribution in [-0.2, 0) is 9.53 Å². The van der Waals surface area contributed by atoms with Gasteiger partial charge in [0.25, 0.3) is 0 Å². The van der Waals surface area contributed by atoms with Gasteiger partial charge in [-0.3, -0.25) is 14.6 Å². The second-order valence-corrected chi connectivity index (χ2v) is 7.67. The first-order valence-corrected chi connectivity index (χ1v) is 9.70. The Kier molecular flexibility index (Phi) is 6.49. The summed E-state index contributed by atoms with van der Waals surface area (Å²) in [5.74, 6) is 0.277. The summed E-state index contributed by atoms with van der Waals surface area (Å²) >= 11 is 0. The van der Waals surface area contributed by atoms with Crippen LogP contribution in [0.4, 0.5) is 0 Å². The Hall–Kier alpha value is -0.690. The van der Waals surface area contributed by atoms with Crippen molar-refractivity contribution >= 4 is 5.91 Å². The van der Waals surface area contributed by atoms with Crippen LogP contribution in [0.1, 0.15) is 33.1 Å². The zero-order valence-corrected chi connectivity index (χ0v) is 15.4. The van der Waals surface area contributed by atoms with E-state index in [1.165, 1.54) is 19.4 Å². The molecule has 0 radical (unpaired) electrons. The van der Waals surface area contributed by atoms with E-state index in [2.05, 4.69) is 29.0 Å². The largest absolute Gasteiger partial charge is 0.378 e. The molecule has 6 nitrogen and oxygen atoms in total. The van der Waals surface area contributed by atoms with Crippen LogP contribution in [-0.4, -0.2) is 97.8 Å². The van der Waals surface area contributed by atoms with Crippen LogP contribution in [0, 0.1) is 0 Å². The first kappa shape index (κ1) is 18.1. The molecule has 3 unspecified atom stereocenters. The highest BCUT2D eigenvalue weighted by molar-refractivity contribution is 5.77. The highest BCUT2D eigenvalue weighted by Crippen LogP contribution is 2.22. The molecule has 3 aliphatic rings. The van der Waals surface area contributed by atoms with Crippen LogP contribution in [0.2, 0.25) is 0 Å². The molecule has 24 heavy (non-hydrogen) atoms. The Bertz CT molecular complexity index is 396. The maximum atomic E-state index is 12.4. The molecule has 3 saturated heterocycles. The molecular formula is C18H34N4O2. The second-order valence-electron chi connectivity index (χ2n) is 7.67. The van der Waals surface area contributed by atoms with Gasteiger partial charge < -0.3 is 15.0 Å². The number of carbonyl (C=O) groups excluding carboxylic acids is 1. The minimum absolute atomic E-state index is 0.197. The number of nitrogens with zero attached hydrogens (tertiary/aromatic N) is 3. The molecule has 3 rings (SSSR count). The quantitative estimate of drug-likeness (QED) is 0.785. The number of nitrogens with one attached hydrogen (secondary N) is 1. The lowest BCUT2D eigenvalue weighted by atomic mass is 10.1. The van der Waals surface area contributed by atoms with Crippen LogP contribution < -0.4 is 5.32 Å². The molecule has 0 aliphatic carbocycles. The number of piperazine rings is 1. The molecule has 0 bridgehead atoms. The van der Waals surface area contributed by atoms with Crippen molar-refractivity contribution in [2.75, 3.05) is 59.0 Å². The van der Waals surface area contributed by atoms with Gasteiger partial charge in [-0.15, -0.1) is 0 Å². The summed E-state index contributed by atoms with van der Waals surface area (Å²) in [5, 5.41) is 3.37. The Morgan fingerprint density at radius 1 is 1.08 bits per heavy atom. The van der Waals surface area contributed by atoms with Crippen molar-refractivity contribution in [3.8, 4) is 0 Å². The molecule has 0 saturated carbocycles. The number of morpholine rings is 1. The van der Waals surface area contributed by atoms with Gasteiger partial charge in [0.05, 0.1) is 13.2 Å². The number of amides is 1. The summed E-state index contributed by atoms with van der Waals surface area (Å²) in [6.07, 6.45) is 3.24. The molecule has 3 fully saturated rings. The van der Waals surface area contributed by atoms with Gasteiger partial charge in [0.15, 0.2) is 0 Å². The van der Waals surface area contributed by atoms with E-state index in [4.69, 9.17) is 4.74 Å². The Balaban J connectivity index is 1.35. The lowest BCUT2D eigenvalue weighted by Gasteiger charge is -2.37. The highest BCUT2D eigenvalue weighted by atomic mass is 16.5. The predicted molar refractivity (Wildman–Crippen MR) is 95.1 cm³/mol. The average Bonchev–Trinajstić information content (AvgIpc) is 2.92. The molecule has 3 atom stereocenters. The van der Waals surface area contributed by atoms with E-state index in [-0.39, 0.29) is 11.9 Å². The van der Waals surface area contributed by atoms with E-state index >= 15 is 0 Å². The van der Waals surface area contributed by atoms with Crippen molar-refractivity contribution in [3.05, 3.63) is 0 Å². The molecule has 3 aliphatic heterocycles. The normalized spacial score (nSPS) is 33.1. The summed E-state index contributed by atoms with van der Waals surface area (Å²) in [6.45, 7) is 13.1.